The summed E-state index contributed by atoms with van der Waals surface area (Å²) in [5, 5.41) is 0. The smallest absolute Gasteiger partial charge is 0.357 e. The van der Waals surface area contributed by atoms with E-state index >= 15 is 0 Å². The predicted octanol–water partition coefficient (Wildman–Crippen LogP) is 3.55. The summed E-state index contributed by atoms with van der Waals surface area (Å²) in [5.74, 6) is -0.506. The molecule has 0 amide bonds. The van der Waals surface area contributed by atoms with Gasteiger partial charge in [-0.25, -0.2) is 14.2 Å². The number of pyridine rings is 1. The van der Waals surface area contributed by atoms with E-state index in [1.54, 1.807) is 26.8 Å². The monoisotopic (exact) mass is 304 g/mol. The topological polar surface area (TPSA) is 74.4 Å². The highest BCUT2D eigenvalue weighted by molar-refractivity contribution is 5.87. The van der Waals surface area contributed by atoms with Crippen molar-refractivity contribution >= 4 is 11.7 Å². The maximum absolute atomic E-state index is 13.4. The summed E-state index contributed by atoms with van der Waals surface area (Å²) in [6.45, 7) is 5.30. The van der Waals surface area contributed by atoms with E-state index in [0.717, 1.165) is 0 Å². The normalized spacial score (nSPS) is 11.1. The van der Waals surface area contributed by atoms with E-state index in [1.165, 1.54) is 30.5 Å². The molecule has 1 heterocycles. The third-order valence-corrected chi connectivity index (χ3v) is 2.55. The van der Waals surface area contributed by atoms with Crippen LogP contribution < -0.4 is 10.5 Å². The molecule has 1 aromatic carbocycles. The van der Waals surface area contributed by atoms with Crippen molar-refractivity contribution in [3.63, 3.8) is 0 Å². The molecule has 0 fully saturated rings. The number of nitrogens with two attached hydrogens (primary N) is 1. The molecule has 1 aromatic heterocycles. The Kier molecular flexibility index (Phi) is 4.30. The summed E-state index contributed by atoms with van der Waals surface area (Å²) in [6.07, 6.45) is 1.42. The van der Waals surface area contributed by atoms with Crippen LogP contribution in [0.1, 0.15) is 31.3 Å². The molecular formula is C16H17FN2O3. The van der Waals surface area contributed by atoms with Gasteiger partial charge in [0.1, 0.15) is 22.9 Å². The van der Waals surface area contributed by atoms with Gasteiger partial charge < -0.3 is 15.2 Å². The van der Waals surface area contributed by atoms with Crippen molar-refractivity contribution in [2.45, 2.75) is 26.4 Å². The number of esters is 1. The van der Waals surface area contributed by atoms with Crippen LogP contribution in [0.25, 0.3) is 0 Å². The van der Waals surface area contributed by atoms with E-state index in [-0.39, 0.29) is 17.1 Å². The van der Waals surface area contributed by atoms with Crippen LogP contribution in [0.4, 0.5) is 10.1 Å². The number of carbonyl (C=O) groups is 1. The number of rotatable bonds is 3. The fourth-order valence-electron chi connectivity index (χ4n) is 1.62. The Morgan fingerprint density at radius 1 is 1.18 bits per heavy atom. The number of hydrogen-bond donors (Lipinski definition) is 1. The number of anilines is 1. The third-order valence-electron chi connectivity index (χ3n) is 2.55. The molecule has 0 saturated carbocycles. The minimum absolute atomic E-state index is 0.0384. The molecule has 6 heteroatoms. The quantitative estimate of drug-likeness (QED) is 0.693. The number of carbonyl (C=O) groups excluding carboxylic acids is 1. The van der Waals surface area contributed by atoms with Crippen LogP contribution in [-0.2, 0) is 4.74 Å². The van der Waals surface area contributed by atoms with Gasteiger partial charge in [0.05, 0.1) is 5.69 Å². The maximum atomic E-state index is 13.4. The van der Waals surface area contributed by atoms with Crippen molar-refractivity contribution in [1.29, 1.82) is 0 Å². The number of nitrogen functional groups attached to an aromatic ring is 1. The Balaban J connectivity index is 2.17. The fourth-order valence-corrected chi connectivity index (χ4v) is 1.62. The molecule has 0 radical (unpaired) electrons. The molecule has 0 saturated heterocycles. The number of benzene rings is 1. The van der Waals surface area contributed by atoms with Crippen LogP contribution in [0.5, 0.6) is 11.5 Å². The van der Waals surface area contributed by atoms with Gasteiger partial charge in [0.15, 0.2) is 5.69 Å². The Morgan fingerprint density at radius 2 is 1.86 bits per heavy atom. The molecule has 2 rings (SSSR count). The van der Waals surface area contributed by atoms with Crippen molar-refractivity contribution in [3.05, 3.63) is 48.0 Å². The highest BCUT2D eigenvalue weighted by Gasteiger charge is 2.19. The molecule has 0 bridgehead atoms. The lowest BCUT2D eigenvalue weighted by Gasteiger charge is -2.19. The number of hydrogen-bond acceptors (Lipinski definition) is 5. The number of nitrogens with zero attached hydrogens (tertiary/aromatic N) is 1. The zero-order valence-corrected chi connectivity index (χ0v) is 12.6. The van der Waals surface area contributed by atoms with Crippen molar-refractivity contribution in [1.82, 2.24) is 4.98 Å². The molecular weight excluding hydrogens is 287 g/mol. The first kappa shape index (κ1) is 15.8. The molecule has 0 aliphatic carbocycles. The van der Waals surface area contributed by atoms with E-state index in [1.807, 2.05) is 0 Å². The molecule has 0 unspecified atom stereocenters. The van der Waals surface area contributed by atoms with Crippen LogP contribution in [0, 0.1) is 5.82 Å². The number of halogens is 1. The summed E-state index contributed by atoms with van der Waals surface area (Å²) in [5.41, 5.74) is 4.94. The largest absolute Gasteiger partial charge is 0.457 e. The van der Waals surface area contributed by atoms with Gasteiger partial charge in [0, 0.05) is 18.3 Å². The fraction of sp³-hybridized carbons (Fsp3) is 0.250. The third kappa shape index (κ3) is 4.18. The second-order valence-corrected chi connectivity index (χ2v) is 5.66. The highest BCUT2D eigenvalue weighted by Crippen LogP contribution is 2.25. The lowest BCUT2D eigenvalue weighted by Crippen LogP contribution is -2.24. The van der Waals surface area contributed by atoms with E-state index < -0.39 is 17.4 Å². The predicted molar refractivity (Wildman–Crippen MR) is 80.3 cm³/mol. The molecule has 0 aliphatic rings. The summed E-state index contributed by atoms with van der Waals surface area (Å²) in [4.78, 5) is 15.9. The summed E-state index contributed by atoms with van der Waals surface area (Å²) in [7, 11) is 0. The second-order valence-electron chi connectivity index (χ2n) is 5.66. The lowest BCUT2D eigenvalue weighted by atomic mass is 10.2. The average molecular weight is 304 g/mol. The van der Waals surface area contributed by atoms with Gasteiger partial charge in [-0.3, -0.25) is 0 Å². The first-order valence-electron chi connectivity index (χ1n) is 6.67. The van der Waals surface area contributed by atoms with Gasteiger partial charge in [0.2, 0.25) is 0 Å². The van der Waals surface area contributed by atoms with Gasteiger partial charge in [-0.15, -0.1) is 0 Å². The van der Waals surface area contributed by atoms with Gasteiger partial charge in [0.25, 0.3) is 0 Å². The summed E-state index contributed by atoms with van der Waals surface area (Å²) >= 11 is 0. The van der Waals surface area contributed by atoms with Crippen LogP contribution in [0.15, 0.2) is 36.5 Å². The molecule has 0 spiro atoms. The molecule has 2 N–H and O–H groups in total. The zero-order valence-electron chi connectivity index (χ0n) is 12.6. The van der Waals surface area contributed by atoms with E-state index in [4.69, 9.17) is 15.2 Å². The van der Waals surface area contributed by atoms with Crippen molar-refractivity contribution in [2.24, 2.45) is 0 Å². The summed E-state index contributed by atoms with van der Waals surface area (Å²) in [6, 6.07) is 7.10. The Hall–Kier alpha value is -2.63. The molecule has 22 heavy (non-hydrogen) atoms. The van der Waals surface area contributed by atoms with E-state index in [0.29, 0.717) is 5.75 Å². The van der Waals surface area contributed by atoms with Crippen LogP contribution in [-0.4, -0.2) is 16.6 Å². The molecule has 2 aromatic rings. The van der Waals surface area contributed by atoms with Gasteiger partial charge in [-0.1, -0.05) is 0 Å². The second kappa shape index (κ2) is 6.01. The first-order valence-corrected chi connectivity index (χ1v) is 6.67. The van der Waals surface area contributed by atoms with E-state index in [9.17, 15) is 9.18 Å². The van der Waals surface area contributed by atoms with Crippen LogP contribution in [0.3, 0.4) is 0 Å². The standard InChI is InChI=1S/C16H17FN2O3/c1-16(2,3)22-15(20)14-9-11(6-7-19-14)21-10-4-5-13(18)12(17)8-10/h4-9H,18H2,1-3H3. The molecule has 5 nitrogen and oxygen atoms in total. The van der Waals surface area contributed by atoms with Crippen LogP contribution in [0.2, 0.25) is 0 Å². The molecule has 0 atom stereocenters. The SMILES string of the molecule is CC(C)(C)OC(=O)c1cc(Oc2ccc(N)c(F)c2)ccn1. The van der Waals surface area contributed by atoms with Gasteiger partial charge in [-0.2, -0.15) is 0 Å². The number of ether oxygens (including phenoxy) is 2. The van der Waals surface area contributed by atoms with E-state index in [2.05, 4.69) is 4.98 Å². The Morgan fingerprint density at radius 3 is 2.50 bits per heavy atom. The maximum Gasteiger partial charge on any atom is 0.357 e. The van der Waals surface area contributed by atoms with Gasteiger partial charge >= 0.3 is 5.97 Å². The minimum Gasteiger partial charge on any atom is -0.457 e. The van der Waals surface area contributed by atoms with Crippen molar-refractivity contribution in [2.75, 3.05) is 5.73 Å². The van der Waals surface area contributed by atoms with Crippen molar-refractivity contribution < 1.29 is 18.7 Å². The lowest BCUT2D eigenvalue weighted by molar-refractivity contribution is 0.00625. The first-order chi connectivity index (χ1) is 10.2. The average Bonchev–Trinajstić information content (AvgIpc) is 2.41. The van der Waals surface area contributed by atoms with Gasteiger partial charge in [-0.05, 0) is 39.0 Å². The minimum atomic E-state index is -0.615. The Labute approximate surface area is 127 Å². The van der Waals surface area contributed by atoms with Crippen molar-refractivity contribution in [3.8, 4) is 11.5 Å². The zero-order chi connectivity index (χ0) is 16.3. The van der Waals surface area contributed by atoms with Crippen LogP contribution >= 0.6 is 0 Å². The molecule has 0 aliphatic heterocycles. The Bertz CT molecular complexity index is 696. The highest BCUT2D eigenvalue weighted by atomic mass is 19.1. The molecule has 116 valence electrons. The summed E-state index contributed by atoms with van der Waals surface area (Å²) < 4.78 is 24.1. The number of aromatic nitrogens is 1.